The Kier molecular flexibility index (Phi) is 2.17. The van der Waals surface area contributed by atoms with E-state index in [1.54, 1.807) is 6.20 Å². The highest BCUT2D eigenvalue weighted by atomic mass is 16.1. The second kappa shape index (κ2) is 3.32. The maximum atomic E-state index is 11.3. The Bertz CT molecular complexity index is 316. The van der Waals surface area contributed by atoms with E-state index in [-0.39, 0.29) is 0 Å². The van der Waals surface area contributed by atoms with Crippen LogP contribution in [0.5, 0.6) is 0 Å². The first-order chi connectivity index (χ1) is 6.27. The molecule has 0 bridgehead atoms. The molecule has 0 spiro atoms. The zero-order chi connectivity index (χ0) is 9.26. The molecule has 3 heteroatoms. The van der Waals surface area contributed by atoms with Gasteiger partial charge in [0, 0.05) is 37.7 Å². The molecule has 1 aliphatic carbocycles. The molecule has 1 atom stereocenters. The lowest BCUT2D eigenvalue weighted by Crippen LogP contribution is -2.15. The van der Waals surface area contributed by atoms with E-state index in [1.807, 2.05) is 17.8 Å². The van der Waals surface area contributed by atoms with Crippen molar-refractivity contribution in [3.63, 3.8) is 0 Å². The van der Waals surface area contributed by atoms with Gasteiger partial charge >= 0.3 is 0 Å². The standard InChI is InChI=1S/C10H14N2O/c1-12-10(5-6-11-12)8-3-2-4-9(13)7-8/h5-6,8H,2-4,7H2,1H3/t8-/m1/s1. The van der Waals surface area contributed by atoms with E-state index >= 15 is 0 Å². The van der Waals surface area contributed by atoms with E-state index in [4.69, 9.17) is 0 Å². The second-order valence-electron chi connectivity index (χ2n) is 3.71. The number of aryl methyl sites for hydroxylation is 1. The van der Waals surface area contributed by atoms with Crippen LogP contribution in [-0.2, 0) is 11.8 Å². The zero-order valence-electron chi connectivity index (χ0n) is 7.86. The lowest BCUT2D eigenvalue weighted by atomic mass is 9.86. The molecule has 13 heavy (non-hydrogen) atoms. The summed E-state index contributed by atoms with van der Waals surface area (Å²) in [6.07, 6.45) is 5.45. The third-order valence-electron chi connectivity index (χ3n) is 2.76. The van der Waals surface area contributed by atoms with E-state index in [9.17, 15) is 4.79 Å². The molecule has 0 N–H and O–H groups in total. The fraction of sp³-hybridized carbons (Fsp3) is 0.600. The topological polar surface area (TPSA) is 34.9 Å². The van der Waals surface area contributed by atoms with Gasteiger partial charge in [-0.25, -0.2) is 0 Å². The minimum absolute atomic E-state index is 0.400. The van der Waals surface area contributed by atoms with Crippen molar-refractivity contribution in [3.8, 4) is 0 Å². The van der Waals surface area contributed by atoms with Crippen molar-refractivity contribution >= 4 is 5.78 Å². The minimum Gasteiger partial charge on any atom is -0.300 e. The van der Waals surface area contributed by atoms with Crippen molar-refractivity contribution in [1.82, 2.24) is 9.78 Å². The third-order valence-corrected chi connectivity index (χ3v) is 2.76. The molecule has 3 nitrogen and oxygen atoms in total. The van der Waals surface area contributed by atoms with Gasteiger partial charge in [-0.3, -0.25) is 9.48 Å². The summed E-state index contributed by atoms with van der Waals surface area (Å²) in [5.74, 6) is 0.811. The summed E-state index contributed by atoms with van der Waals surface area (Å²) in [6.45, 7) is 0. The van der Waals surface area contributed by atoms with Crippen LogP contribution < -0.4 is 0 Å². The smallest absolute Gasteiger partial charge is 0.133 e. The molecule has 0 unspecified atom stereocenters. The highest BCUT2D eigenvalue weighted by Gasteiger charge is 2.22. The predicted molar refractivity (Wildman–Crippen MR) is 49.4 cm³/mol. The van der Waals surface area contributed by atoms with E-state index < -0.39 is 0 Å². The van der Waals surface area contributed by atoms with Gasteiger partial charge in [0.2, 0.25) is 0 Å². The Morgan fingerprint density at radius 1 is 1.62 bits per heavy atom. The van der Waals surface area contributed by atoms with Crippen LogP contribution in [0.15, 0.2) is 12.3 Å². The third kappa shape index (κ3) is 1.64. The van der Waals surface area contributed by atoms with Crippen molar-refractivity contribution in [2.75, 3.05) is 0 Å². The number of hydrogen-bond donors (Lipinski definition) is 0. The van der Waals surface area contributed by atoms with Crippen molar-refractivity contribution in [3.05, 3.63) is 18.0 Å². The van der Waals surface area contributed by atoms with E-state index in [1.165, 1.54) is 5.69 Å². The number of Topliss-reactive ketones (excluding diaryl/α,β-unsaturated/α-hetero) is 1. The Morgan fingerprint density at radius 3 is 3.08 bits per heavy atom. The molecular weight excluding hydrogens is 164 g/mol. The average molecular weight is 178 g/mol. The van der Waals surface area contributed by atoms with Gasteiger partial charge in [-0.05, 0) is 18.9 Å². The van der Waals surface area contributed by atoms with Crippen molar-refractivity contribution in [1.29, 1.82) is 0 Å². The van der Waals surface area contributed by atoms with Crippen LogP contribution in [0.25, 0.3) is 0 Å². The summed E-state index contributed by atoms with van der Waals surface area (Å²) >= 11 is 0. The van der Waals surface area contributed by atoms with E-state index in [0.29, 0.717) is 18.1 Å². The molecule has 2 rings (SSSR count). The Balaban J connectivity index is 2.17. The van der Waals surface area contributed by atoms with Gasteiger partial charge in [0.05, 0.1) is 0 Å². The molecule has 1 saturated carbocycles. The molecule has 1 aliphatic rings. The molecular formula is C10H14N2O. The quantitative estimate of drug-likeness (QED) is 0.655. The van der Waals surface area contributed by atoms with Gasteiger partial charge in [0.25, 0.3) is 0 Å². The van der Waals surface area contributed by atoms with E-state index in [2.05, 4.69) is 5.10 Å². The summed E-state index contributed by atoms with van der Waals surface area (Å²) in [4.78, 5) is 11.3. The van der Waals surface area contributed by atoms with Gasteiger partial charge in [-0.1, -0.05) is 0 Å². The van der Waals surface area contributed by atoms with E-state index in [0.717, 1.165) is 19.3 Å². The molecule has 1 aromatic heterocycles. The van der Waals surface area contributed by atoms with Gasteiger partial charge in [0.15, 0.2) is 0 Å². The first-order valence-electron chi connectivity index (χ1n) is 4.77. The van der Waals surface area contributed by atoms with Crippen LogP contribution in [0.1, 0.15) is 37.3 Å². The van der Waals surface area contributed by atoms with Crippen LogP contribution in [0.4, 0.5) is 0 Å². The molecule has 0 radical (unpaired) electrons. The maximum Gasteiger partial charge on any atom is 0.133 e. The van der Waals surface area contributed by atoms with Crippen LogP contribution in [0.2, 0.25) is 0 Å². The van der Waals surface area contributed by atoms with Crippen molar-refractivity contribution in [2.24, 2.45) is 7.05 Å². The van der Waals surface area contributed by atoms with Gasteiger partial charge in [-0.2, -0.15) is 5.10 Å². The first kappa shape index (κ1) is 8.48. The fourth-order valence-electron chi connectivity index (χ4n) is 2.06. The van der Waals surface area contributed by atoms with Crippen molar-refractivity contribution < 1.29 is 4.79 Å². The average Bonchev–Trinajstić information content (AvgIpc) is 2.51. The lowest BCUT2D eigenvalue weighted by molar-refractivity contribution is -0.120. The number of rotatable bonds is 1. The monoisotopic (exact) mass is 178 g/mol. The molecule has 0 saturated heterocycles. The van der Waals surface area contributed by atoms with Crippen LogP contribution >= 0.6 is 0 Å². The minimum atomic E-state index is 0.400. The molecule has 0 aliphatic heterocycles. The molecule has 0 amide bonds. The number of carbonyl (C=O) groups excluding carboxylic acids is 1. The van der Waals surface area contributed by atoms with Gasteiger partial charge < -0.3 is 0 Å². The van der Waals surface area contributed by atoms with Gasteiger partial charge in [-0.15, -0.1) is 0 Å². The number of aromatic nitrogens is 2. The Labute approximate surface area is 77.7 Å². The SMILES string of the molecule is Cn1nccc1[C@@H]1CCCC(=O)C1. The molecule has 70 valence electrons. The van der Waals surface area contributed by atoms with Gasteiger partial charge in [0.1, 0.15) is 5.78 Å². The largest absolute Gasteiger partial charge is 0.300 e. The Hall–Kier alpha value is -1.12. The lowest BCUT2D eigenvalue weighted by Gasteiger charge is -2.20. The first-order valence-corrected chi connectivity index (χ1v) is 4.77. The summed E-state index contributed by atoms with van der Waals surface area (Å²) in [7, 11) is 1.94. The number of nitrogens with zero attached hydrogens (tertiary/aromatic N) is 2. The highest BCUT2D eigenvalue weighted by molar-refractivity contribution is 5.79. The maximum absolute atomic E-state index is 11.3. The number of hydrogen-bond acceptors (Lipinski definition) is 2. The fourth-order valence-corrected chi connectivity index (χ4v) is 2.06. The molecule has 0 aromatic carbocycles. The van der Waals surface area contributed by atoms with Crippen molar-refractivity contribution in [2.45, 2.75) is 31.6 Å². The Morgan fingerprint density at radius 2 is 2.46 bits per heavy atom. The summed E-state index contributed by atoms with van der Waals surface area (Å²) in [5, 5.41) is 4.12. The summed E-state index contributed by atoms with van der Waals surface area (Å²) < 4.78 is 1.88. The molecule has 1 heterocycles. The van der Waals surface area contributed by atoms with Crippen LogP contribution in [-0.4, -0.2) is 15.6 Å². The summed E-state index contributed by atoms with van der Waals surface area (Å²) in [6, 6.07) is 2.02. The number of carbonyl (C=O) groups is 1. The molecule has 1 aromatic rings. The van der Waals surface area contributed by atoms with Crippen LogP contribution in [0, 0.1) is 0 Å². The highest BCUT2D eigenvalue weighted by Crippen LogP contribution is 2.30. The number of ketones is 1. The normalized spacial score (nSPS) is 23.5. The predicted octanol–water partition coefficient (Wildman–Crippen LogP) is 1.65. The zero-order valence-corrected chi connectivity index (χ0v) is 7.86. The summed E-state index contributed by atoms with van der Waals surface area (Å²) in [5.41, 5.74) is 1.20. The second-order valence-corrected chi connectivity index (χ2v) is 3.71. The van der Waals surface area contributed by atoms with Crippen LogP contribution in [0.3, 0.4) is 0 Å². The molecule has 1 fully saturated rings.